The average molecular weight is 372 g/mol. The molecule has 26 heavy (non-hydrogen) atoms. The lowest BCUT2D eigenvalue weighted by Crippen LogP contribution is -2.25. The molecule has 0 spiro atoms. The van der Waals surface area contributed by atoms with Crippen molar-refractivity contribution in [3.63, 3.8) is 0 Å². The number of thioether (sulfide) groups is 1. The molecule has 0 radical (unpaired) electrons. The Bertz CT molecular complexity index is 745. The third-order valence-corrected chi connectivity index (χ3v) is 5.01. The molecule has 1 aliphatic rings. The van der Waals surface area contributed by atoms with Gasteiger partial charge in [-0.3, -0.25) is 19.9 Å². The van der Waals surface area contributed by atoms with E-state index in [9.17, 15) is 9.59 Å². The van der Waals surface area contributed by atoms with Gasteiger partial charge in [0.15, 0.2) is 0 Å². The van der Waals surface area contributed by atoms with Crippen LogP contribution in [0.15, 0.2) is 42.6 Å². The molecule has 1 aliphatic heterocycles. The van der Waals surface area contributed by atoms with Gasteiger partial charge in [-0.25, -0.2) is 0 Å². The summed E-state index contributed by atoms with van der Waals surface area (Å²) in [4.78, 5) is 27.2. The minimum Gasteiger partial charge on any atom is -0.493 e. The van der Waals surface area contributed by atoms with E-state index in [0.717, 1.165) is 41.6 Å². The number of aromatic nitrogens is 1. The second-order valence-electron chi connectivity index (χ2n) is 5.84. The van der Waals surface area contributed by atoms with Gasteiger partial charge in [-0.05, 0) is 42.2 Å². The smallest absolute Gasteiger partial charge is 0.286 e. The van der Waals surface area contributed by atoms with Crippen LogP contribution in [-0.2, 0) is 24.1 Å². The van der Waals surface area contributed by atoms with E-state index in [1.165, 1.54) is 5.56 Å². The number of nitrogens with zero attached hydrogens (tertiary/aromatic N) is 1. The molecule has 1 aromatic carbocycles. The van der Waals surface area contributed by atoms with Crippen LogP contribution >= 0.6 is 11.8 Å². The highest BCUT2D eigenvalue weighted by molar-refractivity contribution is 8.15. The molecule has 0 bridgehead atoms. The van der Waals surface area contributed by atoms with E-state index in [0.29, 0.717) is 13.0 Å². The summed E-state index contributed by atoms with van der Waals surface area (Å²) in [6.07, 6.45) is 4.19. The quantitative estimate of drug-likeness (QED) is 0.801. The average Bonchev–Trinajstić information content (AvgIpc) is 2.94. The zero-order valence-corrected chi connectivity index (χ0v) is 14.8. The first-order valence-corrected chi connectivity index (χ1v) is 9.19. The van der Waals surface area contributed by atoms with Gasteiger partial charge in [0.25, 0.3) is 5.24 Å². The molecule has 1 fully saturated rings. The van der Waals surface area contributed by atoms with Gasteiger partial charge in [-0.2, -0.15) is 0 Å². The van der Waals surface area contributed by atoms with Crippen molar-refractivity contribution >= 4 is 22.9 Å². The molecule has 1 aromatic heterocycles. The van der Waals surface area contributed by atoms with Gasteiger partial charge >= 0.3 is 0 Å². The second kappa shape index (κ2) is 9.38. The van der Waals surface area contributed by atoms with Crippen LogP contribution in [0.5, 0.6) is 5.75 Å². The number of carbonyl (C=O) groups is 2. The Labute approximate surface area is 158 Å². The number of hydrogen-bond donors (Lipinski definition) is 1. The summed E-state index contributed by atoms with van der Waals surface area (Å²) >= 11 is 1.05. The Hall–Kier alpha value is -2.34. The zero-order chi connectivity index (χ0) is 17.6. The fourth-order valence-corrected chi connectivity index (χ4v) is 3.41. The number of imide groups is 1. The first-order chi connectivity index (χ1) is 12.1. The Morgan fingerprint density at radius 1 is 1.12 bits per heavy atom. The maximum Gasteiger partial charge on any atom is 0.286 e. The molecule has 3 rings (SSSR count). The van der Waals surface area contributed by atoms with E-state index < -0.39 is 0 Å². The van der Waals surface area contributed by atoms with Crippen molar-refractivity contribution in [3.05, 3.63) is 59.4 Å². The Balaban J connectivity index is 0.00000243. The van der Waals surface area contributed by atoms with Gasteiger partial charge in [-0.15, -0.1) is 0 Å². The summed E-state index contributed by atoms with van der Waals surface area (Å²) in [5, 5.41) is 1.70. The normalized spacial score (nSPS) is 16.1. The number of aryl methyl sites for hydroxylation is 1. The van der Waals surface area contributed by atoms with Gasteiger partial charge in [0.1, 0.15) is 5.75 Å². The van der Waals surface area contributed by atoms with Crippen LogP contribution in [0.3, 0.4) is 0 Å². The highest BCUT2D eigenvalue weighted by Crippen LogP contribution is 2.23. The lowest BCUT2D eigenvalue weighted by Gasteiger charge is -2.09. The van der Waals surface area contributed by atoms with Crippen molar-refractivity contribution in [3.8, 4) is 5.75 Å². The van der Waals surface area contributed by atoms with Crippen molar-refractivity contribution in [1.82, 2.24) is 10.3 Å². The van der Waals surface area contributed by atoms with E-state index >= 15 is 0 Å². The van der Waals surface area contributed by atoms with E-state index in [1.807, 2.05) is 36.5 Å². The predicted molar refractivity (Wildman–Crippen MR) is 105 cm³/mol. The van der Waals surface area contributed by atoms with Crippen LogP contribution in [0.4, 0.5) is 4.79 Å². The molecule has 2 aromatic rings. The van der Waals surface area contributed by atoms with Crippen LogP contribution in [-0.4, -0.2) is 28.0 Å². The molecule has 1 N–H and O–H groups in total. The molecule has 2 amide bonds. The van der Waals surface area contributed by atoms with Crippen LogP contribution in [0.25, 0.3) is 0 Å². The summed E-state index contributed by atoms with van der Waals surface area (Å²) in [5.41, 5.74) is 3.25. The highest BCUT2D eigenvalue weighted by atomic mass is 32.2. The number of rotatable bonds is 7. The van der Waals surface area contributed by atoms with E-state index in [-0.39, 0.29) is 23.8 Å². The lowest BCUT2D eigenvalue weighted by molar-refractivity contribution is -0.118. The highest BCUT2D eigenvalue weighted by Gasteiger charge is 2.31. The number of benzene rings is 1. The van der Waals surface area contributed by atoms with Gasteiger partial charge in [0.2, 0.25) is 5.91 Å². The van der Waals surface area contributed by atoms with Gasteiger partial charge in [0, 0.05) is 18.3 Å². The van der Waals surface area contributed by atoms with Crippen LogP contribution < -0.4 is 10.1 Å². The van der Waals surface area contributed by atoms with E-state index in [4.69, 9.17) is 4.74 Å². The summed E-state index contributed by atoms with van der Waals surface area (Å²) < 4.78 is 5.75. The summed E-state index contributed by atoms with van der Waals surface area (Å²) in [6.45, 7) is 2.67. The minimum absolute atomic E-state index is 0. The number of amides is 2. The number of ether oxygens (including phenoxy) is 1. The summed E-state index contributed by atoms with van der Waals surface area (Å²) in [6, 6.07) is 11.8. The Morgan fingerprint density at radius 2 is 1.85 bits per heavy atom. The summed E-state index contributed by atoms with van der Waals surface area (Å²) in [7, 11) is 0. The molecule has 1 atom stereocenters. The molecule has 2 heterocycles. The number of pyridine rings is 1. The second-order valence-corrected chi connectivity index (χ2v) is 7.02. The van der Waals surface area contributed by atoms with Gasteiger partial charge < -0.3 is 4.74 Å². The third-order valence-electron chi connectivity index (χ3n) is 4.03. The molecule has 0 saturated carbocycles. The predicted octanol–water partition coefficient (Wildman–Crippen LogP) is 3.80. The van der Waals surface area contributed by atoms with E-state index in [1.54, 1.807) is 0 Å². The molecule has 138 valence electrons. The number of nitrogens with one attached hydrogen (secondary N) is 1. The SMILES string of the molecule is C.CCc1ccc(CCOc2ccc(C[C@H]3SC(=O)NC3=O)cc2)nc1. The first-order valence-electron chi connectivity index (χ1n) is 8.31. The molecule has 1 saturated heterocycles. The fraction of sp³-hybridized carbons (Fsp3) is 0.350. The topological polar surface area (TPSA) is 68.3 Å². The molecule has 5 nitrogen and oxygen atoms in total. The fourth-order valence-electron chi connectivity index (χ4n) is 2.55. The van der Waals surface area contributed by atoms with Crippen molar-refractivity contribution in [1.29, 1.82) is 0 Å². The zero-order valence-electron chi connectivity index (χ0n) is 14.0. The summed E-state index contributed by atoms with van der Waals surface area (Å²) in [5.74, 6) is 0.574. The Kier molecular flexibility index (Phi) is 7.21. The maximum absolute atomic E-state index is 11.6. The monoisotopic (exact) mass is 372 g/mol. The largest absolute Gasteiger partial charge is 0.493 e. The van der Waals surface area contributed by atoms with Gasteiger partial charge in [0.05, 0.1) is 11.9 Å². The third kappa shape index (κ3) is 5.33. The standard InChI is InChI=1S/C19H20N2O3S.CH4/c1-2-13-3-6-15(20-12-13)9-10-24-16-7-4-14(5-8-16)11-17-18(22)21-19(23)25-17;/h3-8,12,17H,2,9-11H2,1H3,(H,21,22,23);1H4/t17-;/m1./s1. The molecule has 0 unspecified atom stereocenters. The van der Waals surface area contributed by atoms with E-state index in [2.05, 4.69) is 23.3 Å². The van der Waals surface area contributed by atoms with Crippen molar-refractivity contribution in [2.45, 2.75) is 38.9 Å². The van der Waals surface area contributed by atoms with Crippen LogP contribution in [0.1, 0.15) is 31.2 Å². The maximum atomic E-state index is 11.6. The van der Waals surface area contributed by atoms with Crippen LogP contribution in [0.2, 0.25) is 0 Å². The van der Waals surface area contributed by atoms with Gasteiger partial charge in [-0.1, -0.05) is 44.3 Å². The van der Waals surface area contributed by atoms with Crippen molar-refractivity contribution in [2.75, 3.05) is 6.61 Å². The lowest BCUT2D eigenvalue weighted by atomic mass is 10.1. The minimum atomic E-state index is -0.337. The number of carbonyl (C=O) groups excluding carboxylic acids is 2. The molecule has 6 heteroatoms. The Morgan fingerprint density at radius 3 is 2.42 bits per heavy atom. The van der Waals surface area contributed by atoms with Crippen molar-refractivity contribution < 1.29 is 14.3 Å². The molecular formula is C20H24N2O3S. The molecule has 0 aliphatic carbocycles. The number of hydrogen-bond acceptors (Lipinski definition) is 5. The van der Waals surface area contributed by atoms with Crippen molar-refractivity contribution in [2.24, 2.45) is 0 Å². The molecular weight excluding hydrogens is 348 g/mol. The first kappa shape index (κ1) is 20.0. The van der Waals surface area contributed by atoms with Crippen LogP contribution in [0, 0.1) is 0 Å².